The number of likely N-dealkylation sites (tertiary alicyclic amines) is 1. The summed E-state index contributed by atoms with van der Waals surface area (Å²) in [5, 5.41) is 12.1. The summed E-state index contributed by atoms with van der Waals surface area (Å²) in [6.07, 6.45) is 8.67. The summed E-state index contributed by atoms with van der Waals surface area (Å²) in [5.74, 6) is -0.483. The SMILES string of the molecule is CC(=O)N(CC(=O)O)[C@@H]1CCCN(CC(=O)NCC2CCCCC2)CC1. The van der Waals surface area contributed by atoms with E-state index in [0.717, 1.165) is 25.9 Å². The molecule has 1 atom stereocenters. The van der Waals surface area contributed by atoms with Gasteiger partial charge >= 0.3 is 5.97 Å². The minimum absolute atomic E-state index is 0.0566. The van der Waals surface area contributed by atoms with Gasteiger partial charge in [0.15, 0.2) is 0 Å². The number of rotatable bonds is 7. The van der Waals surface area contributed by atoms with Gasteiger partial charge in [-0.15, -0.1) is 0 Å². The van der Waals surface area contributed by atoms with Crippen LogP contribution in [0.25, 0.3) is 0 Å². The standard InChI is InChI=1S/C19H33N3O4/c1-15(23)22(14-19(25)26)17-8-5-10-21(11-9-17)13-18(24)20-12-16-6-3-2-4-7-16/h16-17H,2-14H2,1H3,(H,20,24)(H,25,26)/t17-/m1/s1. The normalized spacial score (nSPS) is 22.4. The van der Waals surface area contributed by atoms with Crippen LogP contribution < -0.4 is 5.32 Å². The number of nitrogens with one attached hydrogen (secondary N) is 1. The van der Waals surface area contributed by atoms with Crippen molar-refractivity contribution in [2.75, 3.05) is 32.7 Å². The molecular weight excluding hydrogens is 334 g/mol. The fourth-order valence-corrected chi connectivity index (χ4v) is 4.16. The van der Waals surface area contributed by atoms with Crippen molar-refractivity contribution in [3.8, 4) is 0 Å². The fourth-order valence-electron chi connectivity index (χ4n) is 4.16. The van der Waals surface area contributed by atoms with Gasteiger partial charge in [-0.05, 0) is 44.6 Å². The number of carbonyl (C=O) groups excluding carboxylic acids is 2. The molecule has 7 nitrogen and oxygen atoms in total. The number of hydrogen-bond donors (Lipinski definition) is 2. The average Bonchev–Trinajstić information content (AvgIpc) is 2.84. The van der Waals surface area contributed by atoms with E-state index in [-0.39, 0.29) is 24.4 Å². The zero-order valence-corrected chi connectivity index (χ0v) is 15.9. The van der Waals surface area contributed by atoms with Gasteiger partial charge in [-0.1, -0.05) is 19.3 Å². The number of carboxylic acids is 1. The van der Waals surface area contributed by atoms with Crippen LogP contribution in [0.3, 0.4) is 0 Å². The first-order chi connectivity index (χ1) is 12.5. The van der Waals surface area contributed by atoms with Gasteiger partial charge in [0.05, 0.1) is 6.54 Å². The molecule has 2 fully saturated rings. The monoisotopic (exact) mass is 367 g/mol. The molecule has 2 amide bonds. The largest absolute Gasteiger partial charge is 0.480 e. The molecule has 0 radical (unpaired) electrons. The molecule has 0 aromatic heterocycles. The van der Waals surface area contributed by atoms with Crippen LogP contribution in [0.15, 0.2) is 0 Å². The zero-order valence-electron chi connectivity index (χ0n) is 15.9. The lowest BCUT2D eigenvalue weighted by atomic mass is 9.89. The molecular formula is C19H33N3O4. The first-order valence-electron chi connectivity index (χ1n) is 9.93. The lowest BCUT2D eigenvalue weighted by Gasteiger charge is -2.29. The van der Waals surface area contributed by atoms with Gasteiger partial charge in [0.25, 0.3) is 0 Å². The molecule has 7 heteroatoms. The minimum Gasteiger partial charge on any atom is -0.480 e. The van der Waals surface area contributed by atoms with E-state index in [9.17, 15) is 14.4 Å². The maximum absolute atomic E-state index is 12.2. The predicted molar refractivity (Wildman–Crippen MR) is 98.7 cm³/mol. The van der Waals surface area contributed by atoms with Gasteiger partial charge in [0.2, 0.25) is 11.8 Å². The Morgan fingerprint density at radius 2 is 1.77 bits per heavy atom. The molecule has 0 bridgehead atoms. The number of aliphatic carboxylic acids is 1. The first-order valence-corrected chi connectivity index (χ1v) is 9.93. The highest BCUT2D eigenvalue weighted by molar-refractivity contribution is 5.80. The van der Waals surface area contributed by atoms with Crippen molar-refractivity contribution in [2.45, 2.75) is 64.3 Å². The number of nitrogens with zero attached hydrogens (tertiary/aromatic N) is 2. The minimum atomic E-state index is -0.983. The second-order valence-electron chi connectivity index (χ2n) is 7.71. The number of amides is 2. The molecule has 1 saturated heterocycles. The molecule has 26 heavy (non-hydrogen) atoms. The van der Waals surface area contributed by atoms with Crippen molar-refractivity contribution in [3.63, 3.8) is 0 Å². The van der Waals surface area contributed by atoms with Gasteiger partial charge in [-0.3, -0.25) is 19.3 Å². The van der Waals surface area contributed by atoms with Crippen LogP contribution in [-0.4, -0.2) is 71.5 Å². The molecule has 2 rings (SSSR count). The van der Waals surface area contributed by atoms with E-state index in [1.165, 1.54) is 43.9 Å². The highest BCUT2D eigenvalue weighted by Crippen LogP contribution is 2.22. The van der Waals surface area contributed by atoms with Crippen LogP contribution in [0.2, 0.25) is 0 Å². The Labute approximate surface area is 156 Å². The number of carboxylic acid groups (broad SMARTS) is 1. The molecule has 1 aliphatic carbocycles. The molecule has 0 aromatic carbocycles. The Hall–Kier alpha value is -1.63. The van der Waals surface area contributed by atoms with Crippen LogP contribution >= 0.6 is 0 Å². The maximum Gasteiger partial charge on any atom is 0.323 e. The summed E-state index contributed by atoms with van der Waals surface area (Å²) in [4.78, 5) is 38.6. The third kappa shape index (κ3) is 6.94. The summed E-state index contributed by atoms with van der Waals surface area (Å²) in [6, 6.07) is -0.0566. The maximum atomic E-state index is 12.2. The molecule has 1 heterocycles. The number of carbonyl (C=O) groups is 3. The van der Waals surface area contributed by atoms with Gasteiger partial charge < -0.3 is 15.3 Å². The van der Waals surface area contributed by atoms with Crippen LogP contribution in [0.5, 0.6) is 0 Å². The van der Waals surface area contributed by atoms with Gasteiger partial charge in [-0.25, -0.2) is 0 Å². The molecule has 2 aliphatic rings. The van der Waals surface area contributed by atoms with E-state index in [4.69, 9.17) is 5.11 Å². The summed E-state index contributed by atoms with van der Waals surface area (Å²) >= 11 is 0. The lowest BCUT2D eigenvalue weighted by molar-refractivity contribution is -0.145. The van der Waals surface area contributed by atoms with Crippen molar-refractivity contribution in [1.82, 2.24) is 15.1 Å². The highest BCUT2D eigenvalue weighted by atomic mass is 16.4. The number of hydrogen-bond acceptors (Lipinski definition) is 4. The molecule has 0 aromatic rings. The van der Waals surface area contributed by atoms with E-state index in [1.807, 2.05) is 0 Å². The molecule has 1 saturated carbocycles. The molecule has 1 aliphatic heterocycles. The Balaban J connectivity index is 1.75. The van der Waals surface area contributed by atoms with Crippen molar-refractivity contribution < 1.29 is 19.5 Å². The van der Waals surface area contributed by atoms with Crippen LogP contribution in [0, 0.1) is 5.92 Å². The second kappa shape index (κ2) is 10.5. The smallest absolute Gasteiger partial charge is 0.323 e. The Morgan fingerprint density at radius 3 is 2.42 bits per heavy atom. The predicted octanol–water partition coefficient (Wildman–Crippen LogP) is 1.47. The van der Waals surface area contributed by atoms with E-state index < -0.39 is 5.97 Å². The Kier molecular flexibility index (Phi) is 8.35. The summed E-state index contributed by atoms with van der Waals surface area (Å²) in [5.41, 5.74) is 0. The van der Waals surface area contributed by atoms with Crippen LogP contribution in [0.4, 0.5) is 0 Å². The highest BCUT2D eigenvalue weighted by Gasteiger charge is 2.26. The third-order valence-electron chi connectivity index (χ3n) is 5.62. The van der Waals surface area contributed by atoms with Crippen LogP contribution in [0.1, 0.15) is 58.3 Å². The van der Waals surface area contributed by atoms with E-state index >= 15 is 0 Å². The summed E-state index contributed by atoms with van der Waals surface area (Å²) in [7, 11) is 0. The second-order valence-corrected chi connectivity index (χ2v) is 7.71. The topological polar surface area (TPSA) is 90.0 Å². The van der Waals surface area contributed by atoms with Gasteiger partial charge in [0, 0.05) is 26.1 Å². The zero-order chi connectivity index (χ0) is 18.9. The fraction of sp³-hybridized carbons (Fsp3) is 0.842. The van der Waals surface area contributed by atoms with E-state index in [1.54, 1.807) is 0 Å². The van der Waals surface area contributed by atoms with Gasteiger partial charge in [-0.2, -0.15) is 0 Å². The van der Waals surface area contributed by atoms with Gasteiger partial charge in [0.1, 0.15) is 6.54 Å². The summed E-state index contributed by atoms with van der Waals surface area (Å²) in [6.45, 7) is 3.87. The van der Waals surface area contributed by atoms with Crippen molar-refractivity contribution >= 4 is 17.8 Å². The third-order valence-corrected chi connectivity index (χ3v) is 5.62. The van der Waals surface area contributed by atoms with Crippen LogP contribution in [-0.2, 0) is 14.4 Å². The molecule has 148 valence electrons. The molecule has 0 spiro atoms. The van der Waals surface area contributed by atoms with E-state index in [0.29, 0.717) is 25.4 Å². The Morgan fingerprint density at radius 1 is 1.04 bits per heavy atom. The molecule has 0 unspecified atom stereocenters. The van der Waals surface area contributed by atoms with Crippen molar-refractivity contribution in [3.05, 3.63) is 0 Å². The lowest BCUT2D eigenvalue weighted by Crippen LogP contribution is -2.43. The summed E-state index contributed by atoms with van der Waals surface area (Å²) < 4.78 is 0. The average molecular weight is 367 g/mol. The Bertz CT molecular complexity index is 491. The van der Waals surface area contributed by atoms with Crippen molar-refractivity contribution in [2.24, 2.45) is 5.92 Å². The van der Waals surface area contributed by atoms with E-state index in [2.05, 4.69) is 10.2 Å². The quantitative estimate of drug-likeness (QED) is 0.711. The molecule has 2 N–H and O–H groups in total. The van der Waals surface area contributed by atoms with Crippen molar-refractivity contribution in [1.29, 1.82) is 0 Å². The first kappa shape index (κ1) is 20.7.